The number of piperidine rings is 1. The van der Waals surface area contributed by atoms with Crippen molar-refractivity contribution in [3.63, 3.8) is 0 Å². The molecule has 0 bridgehead atoms. The molecule has 20 heavy (non-hydrogen) atoms. The lowest BCUT2D eigenvalue weighted by molar-refractivity contribution is -0.124. The summed E-state index contributed by atoms with van der Waals surface area (Å²) in [5.74, 6) is 0.169. The Balaban J connectivity index is 1.82. The predicted molar refractivity (Wildman–Crippen MR) is 70.5 cm³/mol. The Bertz CT molecular complexity index is 608. The van der Waals surface area contributed by atoms with Crippen LogP contribution < -0.4 is 5.32 Å². The van der Waals surface area contributed by atoms with Crippen LogP contribution in [0, 0.1) is 5.82 Å². The molecule has 2 aromatic rings. The molecule has 1 fully saturated rings. The molecule has 1 aliphatic heterocycles. The van der Waals surface area contributed by atoms with E-state index in [0.29, 0.717) is 12.4 Å². The van der Waals surface area contributed by atoms with Crippen molar-refractivity contribution in [1.82, 2.24) is 20.1 Å². The van der Waals surface area contributed by atoms with Gasteiger partial charge in [0.25, 0.3) is 0 Å². The van der Waals surface area contributed by atoms with E-state index in [1.165, 1.54) is 18.5 Å². The summed E-state index contributed by atoms with van der Waals surface area (Å²) in [4.78, 5) is 16.1. The zero-order valence-electron chi connectivity index (χ0n) is 10.9. The molecule has 0 radical (unpaired) electrons. The van der Waals surface area contributed by atoms with Crippen LogP contribution in [0.15, 0.2) is 30.6 Å². The molecule has 0 saturated carbocycles. The average molecular weight is 274 g/mol. The molecular weight excluding hydrogens is 259 g/mol. The summed E-state index contributed by atoms with van der Waals surface area (Å²) in [6.45, 7) is 1.21. The van der Waals surface area contributed by atoms with Crippen LogP contribution in [0.1, 0.15) is 30.1 Å². The van der Waals surface area contributed by atoms with Crippen molar-refractivity contribution in [2.45, 2.75) is 25.3 Å². The first-order chi connectivity index (χ1) is 9.74. The smallest absolute Gasteiger partial charge is 0.230 e. The Hall–Kier alpha value is -2.24. The van der Waals surface area contributed by atoms with Gasteiger partial charge in [-0.15, -0.1) is 0 Å². The first-order valence-electron chi connectivity index (χ1n) is 6.64. The molecule has 1 aromatic carbocycles. The predicted octanol–water partition coefficient (Wildman–Crippen LogP) is 1.46. The van der Waals surface area contributed by atoms with E-state index in [1.54, 1.807) is 16.8 Å². The summed E-state index contributed by atoms with van der Waals surface area (Å²) in [6, 6.07) is 6.25. The van der Waals surface area contributed by atoms with E-state index in [9.17, 15) is 9.18 Å². The monoisotopic (exact) mass is 274 g/mol. The molecule has 1 N–H and O–H groups in total. The highest BCUT2D eigenvalue weighted by molar-refractivity contribution is 5.83. The summed E-state index contributed by atoms with van der Waals surface area (Å²) in [6.07, 6.45) is 3.19. The molecule has 0 aliphatic carbocycles. The lowest BCUT2D eigenvalue weighted by Crippen LogP contribution is -2.36. The maximum atomic E-state index is 12.9. The summed E-state index contributed by atoms with van der Waals surface area (Å²) < 4.78 is 14.6. The van der Waals surface area contributed by atoms with Gasteiger partial charge in [0, 0.05) is 6.54 Å². The minimum atomic E-state index is -0.265. The number of nitrogens with zero attached hydrogens (tertiary/aromatic N) is 3. The van der Waals surface area contributed by atoms with Crippen LogP contribution in [0.2, 0.25) is 0 Å². The van der Waals surface area contributed by atoms with Gasteiger partial charge in [0.1, 0.15) is 18.0 Å². The van der Waals surface area contributed by atoms with Crippen molar-refractivity contribution in [2.75, 3.05) is 6.54 Å². The first-order valence-corrected chi connectivity index (χ1v) is 6.64. The molecule has 6 heteroatoms. The highest BCUT2D eigenvalue weighted by Gasteiger charge is 2.28. The molecular formula is C14H15FN4O. The number of nitrogens with one attached hydrogen (secondary N) is 1. The zero-order chi connectivity index (χ0) is 13.9. The number of hydrogen-bond donors (Lipinski definition) is 1. The maximum Gasteiger partial charge on any atom is 0.230 e. The van der Waals surface area contributed by atoms with Gasteiger partial charge in [0.2, 0.25) is 5.91 Å². The third-order valence-corrected chi connectivity index (χ3v) is 3.49. The lowest BCUT2D eigenvalue weighted by atomic mass is 9.98. The Morgan fingerprint density at radius 2 is 2.15 bits per heavy atom. The number of halogens is 1. The number of amides is 1. The Labute approximate surface area is 115 Å². The summed E-state index contributed by atoms with van der Waals surface area (Å²) >= 11 is 0. The van der Waals surface area contributed by atoms with Crippen LogP contribution in [-0.4, -0.2) is 27.2 Å². The van der Waals surface area contributed by atoms with Gasteiger partial charge < -0.3 is 5.32 Å². The molecule has 1 aliphatic rings. The van der Waals surface area contributed by atoms with Gasteiger partial charge in [-0.05, 0) is 30.5 Å². The molecule has 2 heterocycles. The van der Waals surface area contributed by atoms with Gasteiger partial charge >= 0.3 is 0 Å². The highest BCUT2D eigenvalue weighted by atomic mass is 19.1. The van der Waals surface area contributed by atoms with Crippen LogP contribution in [0.3, 0.4) is 0 Å². The molecule has 1 aromatic heterocycles. The van der Waals surface area contributed by atoms with Crippen molar-refractivity contribution in [3.8, 4) is 0 Å². The standard InChI is InChI=1S/C14H15FN4O/c15-11-5-3-10(4-6-11)8-19-13(17-9-18-19)12-2-1-7-16-14(12)20/h3-6,9,12H,1-2,7-8H2,(H,16,20). The summed E-state index contributed by atoms with van der Waals surface area (Å²) in [5, 5.41) is 7.02. The normalized spacial score (nSPS) is 18.9. The average Bonchev–Trinajstić information content (AvgIpc) is 2.90. The second-order valence-electron chi connectivity index (χ2n) is 4.89. The van der Waals surface area contributed by atoms with Crippen molar-refractivity contribution < 1.29 is 9.18 Å². The SMILES string of the molecule is O=C1NCCCC1c1ncnn1Cc1ccc(F)cc1. The molecule has 1 amide bonds. The second-order valence-corrected chi connectivity index (χ2v) is 4.89. The number of benzene rings is 1. The van der Waals surface area contributed by atoms with Crippen LogP contribution in [-0.2, 0) is 11.3 Å². The Morgan fingerprint density at radius 3 is 2.90 bits per heavy atom. The van der Waals surface area contributed by atoms with E-state index >= 15 is 0 Å². The van der Waals surface area contributed by atoms with Gasteiger partial charge in [0.05, 0.1) is 12.5 Å². The van der Waals surface area contributed by atoms with Crippen LogP contribution in [0.4, 0.5) is 4.39 Å². The largest absolute Gasteiger partial charge is 0.355 e. The third-order valence-electron chi connectivity index (χ3n) is 3.49. The number of rotatable bonds is 3. The van der Waals surface area contributed by atoms with Crippen molar-refractivity contribution in [2.24, 2.45) is 0 Å². The second kappa shape index (κ2) is 5.40. The van der Waals surface area contributed by atoms with Crippen LogP contribution >= 0.6 is 0 Å². The highest BCUT2D eigenvalue weighted by Crippen LogP contribution is 2.22. The molecule has 5 nitrogen and oxygen atoms in total. The summed E-state index contributed by atoms with van der Waals surface area (Å²) in [5.41, 5.74) is 0.925. The van der Waals surface area contributed by atoms with Crippen molar-refractivity contribution in [3.05, 3.63) is 47.8 Å². The fourth-order valence-electron chi connectivity index (χ4n) is 2.45. The van der Waals surface area contributed by atoms with E-state index in [4.69, 9.17) is 0 Å². The molecule has 3 rings (SSSR count). The summed E-state index contributed by atoms with van der Waals surface area (Å²) in [7, 11) is 0. The third kappa shape index (κ3) is 2.54. The zero-order valence-corrected chi connectivity index (χ0v) is 10.9. The van der Waals surface area contributed by atoms with Crippen LogP contribution in [0.25, 0.3) is 0 Å². The fraction of sp³-hybridized carbons (Fsp3) is 0.357. The van der Waals surface area contributed by atoms with Crippen molar-refractivity contribution in [1.29, 1.82) is 0 Å². The Kier molecular flexibility index (Phi) is 3.45. The van der Waals surface area contributed by atoms with Gasteiger partial charge in [0.15, 0.2) is 0 Å². The molecule has 0 spiro atoms. The first kappa shape index (κ1) is 12.8. The van der Waals surface area contributed by atoms with Gasteiger partial charge in [-0.25, -0.2) is 14.1 Å². The minimum absolute atomic E-state index is 0.00426. The molecule has 104 valence electrons. The van der Waals surface area contributed by atoms with E-state index in [0.717, 1.165) is 24.9 Å². The maximum absolute atomic E-state index is 12.9. The van der Waals surface area contributed by atoms with E-state index in [1.807, 2.05) is 0 Å². The van der Waals surface area contributed by atoms with E-state index in [2.05, 4.69) is 15.4 Å². The van der Waals surface area contributed by atoms with Crippen molar-refractivity contribution >= 4 is 5.91 Å². The minimum Gasteiger partial charge on any atom is -0.355 e. The quantitative estimate of drug-likeness (QED) is 0.921. The number of carbonyl (C=O) groups is 1. The number of aromatic nitrogens is 3. The molecule has 1 unspecified atom stereocenters. The number of hydrogen-bond acceptors (Lipinski definition) is 3. The topological polar surface area (TPSA) is 59.8 Å². The molecule has 1 atom stereocenters. The van der Waals surface area contributed by atoms with E-state index < -0.39 is 0 Å². The van der Waals surface area contributed by atoms with Gasteiger partial charge in [-0.1, -0.05) is 12.1 Å². The van der Waals surface area contributed by atoms with Gasteiger partial charge in [-0.2, -0.15) is 5.10 Å². The van der Waals surface area contributed by atoms with E-state index in [-0.39, 0.29) is 17.6 Å². The van der Waals surface area contributed by atoms with Gasteiger partial charge in [-0.3, -0.25) is 4.79 Å². The number of carbonyl (C=O) groups excluding carboxylic acids is 1. The lowest BCUT2D eigenvalue weighted by Gasteiger charge is -2.21. The van der Waals surface area contributed by atoms with Crippen LogP contribution in [0.5, 0.6) is 0 Å². The molecule has 1 saturated heterocycles. The fourth-order valence-corrected chi connectivity index (χ4v) is 2.45. The Morgan fingerprint density at radius 1 is 1.35 bits per heavy atom.